The van der Waals surface area contributed by atoms with Crippen LogP contribution in [0.1, 0.15) is 23.4 Å². The van der Waals surface area contributed by atoms with Gasteiger partial charge in [-0.25, -0.2) is 4.98 Å². The Hall–Kier alpha value is -1.21. The van der Waals surface area contributed by atoms with Gasteiger partial charge >= 0.3 is 0 Å². The van der Waals surface area contributed by atoms with Gasteiger partial charge in [0.1, 0.15) is 16.4 Å². The number of nitrogens with zero attached hydrogens (tertiary/aromatic N) is 4. The monoisotopic (exact) mass is 328 g/mol. The maximum absolute atomic E-state index is 5.92. The molecule has 0 N–H and O–H groups in total. The highest BCUT2D eigenvalue weighted by Gasteiger charge is 2.25. The molecule has 0 amide bonds. The van der Waals surface area contributed by atoms with Crippen molar-refractivity contribution in [3.8, 4) is 0 Å². The van der Waals surface area contributed by atoms with Crippen molar-refractivity contribution in [3.05, 3.63) is 39.7 Å². The largest absolute Gasteiger partial charge is 0.367 e. The molecule has 0 spiro atoms. The van der Waals surface area contributed by atoms with E-state index in [1.165, 1.54) is 0 Å². The van der Waals surface area contributed by atoms with Gasteiger partial charge in [-0.1, -0.05) is 28.4 Å². The van der Waals surface area contributed by atoms with E-state index in [1.807, 2.05) is 12.1 Å². The van der Waals surface area contributed by atoms with Crippen LogP contribution in [0.4, 0.5) is 0 Å². The van der Waals surface area contributed by atoms with E-state index in [0.717, 1.165) is 18.7 Å². The van der Waals surface area contributed by atoms with E-state index < -0.39 is 0 Å². The predicted octanol–water partition coefficient (Wildman–Crippen LogP) is 2.65. The Bertz CT molecular complexity index is 614. The highest BCUT2D eigenvalue weighted by molar-refractivity contribution is 6.32. The Morgan fingerprint density at radius 2 is 2.05 bits per heavy atom. The van der Waals surface area contributed by atoms with Crippen LogP contribution in [0.2, 0.25) is 10.3 Å². The Morgan fingerprint density at radius 3 is 2.71 bits per heavy atom. The lowest BCUT2D eigenvalue weighted by Crippen LogP contribution is -2.38. The SMILES string of the molecule is Cc1nc([C@H]2CN(Cc3cc(Cl)nc(Cl)c3)CCO2)no1. The summed E-state index contributed by atoms with van der Waals surface area (Å²) in [5, 5.41) is 4.72. The zero-order chi connectivity index (χ0) is 14.8. The summed E-state index contributed by atoms with van der Waals surface area (Å²) in [6.45, 7) is 4.61. The van der Waals surface area contributed by atoms with Crippen molar-refractivity contribution in [1.82, 2.24) is 20.0 Å². The van der Waals surface area contributed by atoms with E-state index in [2.05, 4.69) is 20.0 Å². The third kappa shape index (κ3) is 3.71. The first-order valence-electron chi connectivity index (χ1n) is 6.56. The van der Waals surface area contributed by atoms with Gasteiger partial charge in [-0.15, -0.1) is 0 Å². The van der Waals surface area contributed by atoms with Gasteiger partial charge in [0.25, 0.3) is 0 Å². The minimum absolute atomic E-state index is 0.177. The number of aryl methyl sites for hydroxylation is 1. The highest BCUT2D eigenvalue weighted by atomic mass is 35.5. The number of morpholine rings is 1. The first-order valence-corrected chi connectivity index (χ1v) is 7.32. The molecular formula is C13H14Cl2N4O2. The summed E-state index contributed by atoms with van der Waals surface area (Å²) in [6.07, 6.45) is -0.177. The van der Waals surface area contributed by atoms with Gasteiger partial charge in [0.05, 0.1) is 6.61 Å². The van der Waals surface area contributed by atoms with Crippen molar-refractivity contribution >= 4 is 23.2 Å². The minimum Gasteiger partial charge on any atom is -0.367 e. The van der Waals surface area contributed by atoms with E-state index in [-0.39, 0.29) is 6.10 Å². The predicted molar refractivity (Wildman–Crippen MR) is 77.3 cm³/mol. The van der Waals surface area contributed by atoms with Gasteiger partial charge in [0.2, 0.25) is 11.7 Å². The molecule has 0 unspecified atom stereocenters. The lowest BCUT2D eigenvalue weighted by molar-refractivity contribution is -0.0380. The number of hydrogen-bond donors (Lipinski definition) is 0. The Kier molecular flexibility index (Phi) is 4.40. The minimum atomic E-state index is -0.177. The van der Waals surface area contributed by atoms with Crippen molar-refractivity contribution in [3.63, 3.8) is 0 Å². The van der Waals surface area contributed by atoms with Gasteiger partial charge in [0, 0.05) is 26.6 Å². The second-order valence-corrected chi connectivity index (χ2v) is 5.66. The van der Waals surface area contributed by atoms with E-state index in [4.69, 9.17) is 32.5 Å². The smallest absolute Gasteiger partial charge is 0.223 e. The molecule has 3 heterocycles. The van der Waals surface area contributed by atoms with E-state index >= 15 is 0 Å². The zero-order valence-electron chi connectivity index (χ0n) is 11.4. The number of ether oxygens (including phenoxy) is 1. The Labute approximate surface area is 132 Å². The standard InChI is InChI=1S/C13H14Cl2N4O2/c1-8-16-13(18-21-8)10-7-19(2-3-20-10)6-9-4-11(14)17-12(15)5-9/h4-5,10H,2-3,6-7H2,1H3/t10-/m1/s1. The van der Waals surface area contributed by atoms with Gasteiger partial charge < -0.3 is 9.26 Å². The molecule has 0 radical (unpaired) electrons. The molecule has 0 bridgehead atoms. The third-order valence-electron chi connectivity index (χ3n) is 3.21. The number of pyridine rings is 1. The summed E-state index contributed by atoms with van der Waals surface area (Å²) < 4.78 is 10.7. The Balaban J connectivity index is 1.68. The lowest BCUT2D eigenvalue weighted by Gasteiger charge is -2.31. The van der Waals surface area contributed by atoms with Crippen LogP contribution >= 0.6 is 23.2 Å². The number of aromatic nitrogens is 3. The molecule has 112 valence electrons. The van der Waals surface area contributed by atoms with Crippen LogP contribution in [0.3, 0.4) is 0 Å². The maximum atomic E-state index is 5.92. The lowest BCUT2D eigenvalue weighted by atomic mass is 10.2. The maximum Gasteiger partial charge on any atom is 0.223 e. The molecule has 0 aromatic carbocycles. The van der Waals surface area contributed by atoms with Gasteiger partial charge in [-0.05, 0) is 17.7 Å². The number of rotatable bonds is 3. The summed E-state index contributed by atoms with van der Waals surface area (Å²) in [4.78, 5) is 10.4. The Morgan fingerprint density at radius 1 is 1.29 bits per heavy atom. The molecule has 6 nitrogen and oxygen atoms in total. The summed E-state index contributed by atoms with van der Waals surface area (Å²) in [5.41, 5.74) is 1.02. The molecular weight excluding hydrogens is 315 g/mol. The second-order valence-electron chi connectivity index (χ2n) is 4.89. The molecule has 21 heavy (non-hydrogen) atoms. The second kappa shape index (κ2) is 6.27. The first kappa shape index (κ1) is 14.7. The molecule has 2 aromatic rings. The van der Waals surface area contributed by atoms with Crippen molar-refractivity contribution < 1.29 is 9.26 Å². The number of hydrogen-bond acceptors (Lipinski definition) is 6. The molecule has 1 aliphatic rings. The van der Waals surface area contributed by atoms with Crippen molar-refractivity contribution in [1.29, 1.82) is 0 Å². The van der Waals surface area contributed by atoms with Crippen LogP contribution < -0.4 is 0 Å². The molecule has 1 aliphatic heterocycles. The molecule has 0 saturated carbocycles. The van der Waals surface area contributed by atoms with Crippen LogP contribution in [0.25, 0.3) is 0 Å². The summed E-state index contributed by atoms with van der Waals surface area (Å²) in [5.74, 6) is 1.13. The average Bonchev–Trinajstić information content (AvgIpc) is 2.84. The van der Waals surface area contributed by atoms with E-state index in [0.29, 0.717) is 35.2 Å². The molecule has 8 heteroatoms. The fourth-order valence-corrected chi connectivity index (χ4v) is 2.82. The molecule has 1 saturated heterocycles. The van der Waals surface area contributed by atoms with Gasteiger partial charge in [-0.2, -0.15) is 4.98 Å². The molecule has 1 atom stereocenters. The normalized spacial score (nSPS) is 19.9. The fourth-order valence-electron chi connectivity index (χ4n) is 2.31. The summed E-state index contributed by atoms with van der Waals surface area (Å²) in [6, 6.07) is 3.63. The van der Waals surface area contributed by atoms with Crippen LogP contribution in [0.15, 0.2) is 16.7 Å². The zero-order valence-corrected chi connectivity index (χ0v) is 12.9. The highest BCUT2D eigenvalue weighted by Crippen LogP contribution is 2.22. The molecule has 3 rings (SSSR count). The van der Waals surface area contributed by atoms with E-state index in [1.54, 1.807) is 6.92 Å². The summed E-state index contributed by atoms with van der Waals surface area (Å²) >= 11 is 11.8. The van der Waals surface area contributed by atoms with Gasteiger partial charge in [-0.3, -0.25) is 4.90 Å². The third-order valence-corrected chi connectivity index (χ3v) is 3.60. The van der Waals surface area contributed by atoms with Crippen LogP contribution in [-0.4, -0.2) is 39.7 Å². The average molecular weight is 329 g/mol. The van der Waals surface area contributed by atoms with Crippen molar-refractivity contribution in [2.24, 2.45) is 0 Å². The number of halogens is 2. The van der Waals surface area contributed by atoms with Gasteiger partial charge in [0.15, 0.2) is 0 Å². The van der Waals surface area contributed by atoms with Crippen molar-refractivity contribution in [2.45, 2.75) is 19.6 Å². The molecule has 1 fully saturated rings. The summed E-state index contributed by atoms with van der Waals surface area (Å²) in [7, 11) is 0. The van der Waals surface area contributed by atoms with E-state index in [9.17, 15) is 0 Å². The first-order chi connectivity index (χ1) is 10.1. The topological polar surface area (TPSA) is 64.3 Å². The van der Waals surface area contributed by atoms with Crippen LogP contribution in [-0.2, 0) is 11.3 Å². The van der Waals surface area contributed by atoms with Crippen molar-refractivity contribution in [2.75, 3.05) is 19.7 Å². The van der Waals surface area contributed by atoms with Crippen LogP contribution in [0.5, 0.6) is 0 Å². The van der Waals surface area contributed by atoms with Crippen LogP contribution in [0, 0.1) is 6.92 Å². The molecule has 0 aliphatic carbocycles. The fraction of sp³-hybridized carbons (Fsp3) is 0.462. The quantitative estimate of drug-likeness (QED) is 0.807. The molecule has 2 aromatic heterocycles.